The second-order valence-electron chi connectivity index (χ2n) is 4.39. The Morgan fingerprint density at radius 3 is 3.13 bits per heavy atom. The van der Waals surface area contributed by atoms with Gasteiger partial charge in [0.1, 0.15) is 0 Å². The van der Waals surface area contributed by atoms with Crippen LogP contribution in [-0.4, -0.2) is 41.4 Å². The third-order valence-electron chi connectivity index (χ3n) is 3.17. The highest BCUT2D eigenvalue weighted by molar-refractivity contribution is 5.00. The molecule has 1 aromatic heterocycles. The van der Waals surface area contributed by atoms with Crippen LogP contribution in [-0.2, 0) is 13.6 Å². The molecule has 0 aliphatic carbocycles. The molecule has 1 fully saturated rings. The molecular weight excluding hydrogens is 188 g/mol. The maximum absolute atomic E-state index is 4.19. The van der Waals surface area contributed by atoms with E-state index in [0.717, 1.165) is 19.0 Å². The van der Waals surface area contributed by atoms with E-state index in [4.69, 9.17) is 0 Å². The number of aromatic nitrogens is 2. The quantitative estimate of drug-likeness (QED) is 0.780. The zero-order chi connectivity index (χ0) is 10.7. The van der Waals surface area contributed by atoms with Crippen molar-refractivity contribution in [2.45, 2.75) is 13.0 Å². The standard InChI is InChI=1S/C11H20N4/c1-12-7-10-4-6-15(8-10)9-11-3-5-13-14(11)2/h3,5,10,12H,4,6-9H2,1-2H3. The van der Waals surface area contributed by atoms with Gasteiger partial charge in [0.15, 0.2) is 0 Å². The Balaban J connectivity index is 1.85. The van der Waals surface area contributed by atoms with Crippen LogP contribution in [0.4, 0.5) is 0 Å². The Labute approximate surface area is 91.3 Å². The van der Waals surface area contributed by atoms with Crippen molar-refractivity contribution in [1.29, 1.82) is 0 Å². The van der Waals surface area contributed by atoms with E-state index in [-0.39, 0.29) is 0 Å². The fourth-order valence-corrected chi connectivity index (χ4v) is 2.30. The summed E-state index contributed by atoms with van der Waals surface area (Å²) in [5.41, 5.74) is 1.31. The summed E-state index contributed by atoms with van der Waals surface area (Å²) in [6.07, 6.45) is 3.19. The van der Waals surface area contributed by atoms with Gasteiger partial charge in [0.05, 0.1) is 5.69 Å². The average molecular weight is 208 g/mol. The van der Waals surface area contributed by atoms with Gasteiger partial charge in [0.2, 0.25) is 0 Å². The monoisotopic (exact) mass is 208 g/mol. The summed E-state index contributed by atoms with van der Waals surface area (Å²) in [6.45, 7) is 4.61. The number of nitrogens with one attached hydrogen (secondary N) is 1. The number of nitrogens with zero attached hydrogens (tertiary/aromatic N) is 3. The van der Waals surface area contributed by atoms with E-state index in [2.05, 4.69) is 21.4 Å². The molecule has 1 atom stereocenters. The number of likely N-dealkylation sites (tertiary alicyclic amines) is 1. The van der Waals surface area contributed by atoms with Gasteiger partial charge in [-0.2, -0.15) is 5.10 Å². The number of hydrogen-bond acceptors (Lipinski definition) is 3. The molecule has 84 valence electrons. The van der Waals surface area contributed by atoms with Crippen LogP contribution < -0.4 is 5.32 Å². The first-order valence-corrected chi connectivity index (χ1v) is 5.63. The molecular formula is C11H20N4. The molecule has 1 saturated heterocycles. The van der Waals surface area contributed by atoms with Crippen molar-refractivity contribution < 1.29 is 0 Å². The zero-order valence-electron chi connectivity index (χ0n) is 9.61. The SMILES string of the molecule is CNCC1CCN(Cc2ccnn2C)C1. The van der Waals surface area contributed by atoms with Crippen LogP contribution in [0.2, 0.25) is 0 Å². The summed E-state index contributed by atoms with van der Waals surface area (Å²) in [4.78, 5) is 2.51. The molecule has 0 saturated carbocycles. The molecule has 1 aromatic rings. The first-order valence-electron chi connectivity index (χ1n) is 5.63. The molecule has 1 aliphatic rings. The summed E-state index contributed by atoms with van der Waals surface area (Å²) in [6, 6.07) is 2.10. The number of rotatable bonds is 4. The van der Waals surface area contributed by atoms with Gasteiger partial charge in [-0.25, -0.2) is 0 Å². The van der Waals surface area contributed by atoms with Crippen LogP contribution in [0.3, 0.4) is 0 Å². The minimum Gasteiger partial charge on any atom is -0.319 e. The van der Waals surface area contributed by atoms with Crippen molar-refractivity contribution in [1.82, 2.24) is 20.0 Å². The lowest BCUT2D eigenvalue weighted by molar-refractivity contribution is 0.306. The van der Waals surface area contributed by atoms with Crippen molar-refractivity contribution in [3.05, 3.63) is 18.0 Å². The minimum absolute atomic E-state index is 0.822. The Morgan fingerprint density at radius 2 is 2.47 bits per heavy atom. The summed E-state index contributed by atoms with van der Waals surface area (Å²) in [5.74, 6) is 0.822. The van der Waals surface area contributed by atoms with Crippen LogP contribution in [0.5, 0.6) is 0 Å². The fourth-order valence-electron chi connectivity index (χ4n) is 2.30. The number of aryl methyl sites for hydroxylation is 1. The van der Waals surface area contributed by atoms with Crippen molar-refractivity contribution in [3.63, 3.8) is 0 Å². The molecule has 4 nitrogen and oxygen atoms in total. The van der Waals surface area contributed by atoms with Crippen molar-refractivity contribution in [2.75, 3.05) is 26.7 Å². The molecule has 0 amide bonds. The largest absolute Gasteiger partial charge is 0.319 e. The van der Waals surface area contributed by atoms with Crippen molar-refractivity contribution >= 4 is 0 Å². The summed E-state index contributed by atoms with van der Waals surface area (Å²) in [7, 11) is 4.04. The number of hydrogen-bond donors (Lipinski definition) is 1. The van der Waals surface area contributed by atoms with E-state index in [1.807, 2.05) is 25.0 Å². The predicted molar refractivity (Wildman–Crippen MR) is 60.5 cm³/mol. The molecule has 2 heterocycles. The molecule has 0 bridgehead atoms. The molecule has 0 aromatic carbocycles. The molecule has 2 rings (SSSR count). The van der Waals surface area contributed by atoms with E-state index in [9.17, 15) is 0 Å². The highest BCUT2D eigenvalue weighted by Gasteiger charge is 2.22. The second-order valence-corrected chi connectivity index (χ2v) is 4.39. The van der Waals surface area contributed by atoms with Gasteiger partial charge in [0, 0.05) is 26.3 Å². The maximum atomic E-state index is 4.19. The van der Waals surface area contributed by atoms with Gasteiger partial charge in [-0.3, -0.25) is 9.58 Å². The van der Waals surface area contributed by atoms with E-state index < -0.39 is 0 Å². The average Bonchev–Trinajstić information content (AvgIpc) is 2.79. The molecule has 15 heavy (non-hydrogen) atoms. The van der Waals surface area contributed by atoms with Crippen LogP contribution in [0.25, 0.3) is 0 Å². The van der Waals surface area contributed by atoms with Crippen molar-refractivity contribution in [2.24, 2.45) is 13.0 Å². The lowest BCUT2D eigenvalue weighted by Gasteiger charge is -2.15. The van der Waals surface area contributed by atoms with E-state index in [1.165, 1.54) is 25.2 Å². The first kappa shape index (κ1) is 10.6. The van der Waals surface area contributed by atoms with Crippen molar-refractivity contribution in [3.8, 4) is 0 Å². The maximum Gasteiger partial charge on any atom is 0.0521 e. The highest BCUT2D eigenvalue weighted by Crippen LogP contribution is 2.17. The Morgan fingerprint density at radius 1 is 1.60 bits per heavy atom. The second kappa shape index (κ2) is 4.77. The highest BCUT2D eigenvalue weighted by atomic mass is 15.3. The molecule has 1 aliphatic heterocycles. The lowest BCUT2D eigenvalue weighted by atomic mass is 10.1. The predicted octanol–water partition coefficient (Wildman–Crippen LogP) is 0.461. The minimum atomic E-state index is 0.822. The van der Waals surface area contributed by atoms with Gasteiger partial charge in [-0.15, -0.1) is 0 Å². The summed E-state index contributed by atoms with van der Waals surface area (Å²) in [5, 5.41) is 7.45. The normalized spacial score (nSPS) is 22.4. The van der Waals surface area contributed by atoms with Gasteiger partial charge in [0.25, 0.3) is 0 Å². The Kier molecular flexibility index (Phi) is 3.38. The van der Waals surface area contributed by atoms with E-state index >= 15 is 0 Å². The van der Waals surface area contributed by atoms with E-state index in [1.54, 1.807) is 0 Å². The molecule has 0 radical (unpaired) electrons. The summed E-state index contributed by atoms with van der Waals surface area (Å²) >= 11 is 0. The van der Waals surface area contributed by atoms with Crippen LogP contribution >= 0.6 is 0 Å². The van der Waals surface area contributed by atoms with Gasteiger partial charge < -0.3 is 5.32 Å². The topological polar surface area (TPSA) is 33.1 Å². The molecule has 1 unspecified atom stereocenters. The molecule has 0 spiro atoms. The molecule has 4 heteroatoms. The summed E-state index contributed by atoms with van der Waals surface area (Å²) < 4.78 is 1.96. The zero-order valence-corrected chi connectivity index (χ0v) is 9.61. The Hall–Kier alpha value is -0.870. The van der Waals surface area contributed by atoms with Gasteiger partial charge >= 0.3 is 0 Å². The van der Waals surface area contributed by atoms with E-state index in [0.29, 0.717) is 0 Å². The smallest absolute Gasteiger partial charge is 0.0521 e. The van der Waals surface area contributed by atoms with Crippen LogP contribution in [0.15, 0.2) is 12.3 Å². The third kappa shape index (κ3) is 2.58. The fraction of sp³-hybridized carbons (Fsp3) is 0.727. The van der Waals surface area contributed by atoms with Gasteiger partial charge in [-0.05, 0) is 38.5 Å². The Bertz CT molecular complexity index is 307. The lowest BCUT2D eigenvalue weighted by Crippen LogP contribution is -2.25. The van der Waals surface area contributed by atoms with Crippen LogP contribution in [0, 0.1) is 5.92 Å². The first-order chi connectivity index (χ1) is 7.29. The van der Waals surface area contributed by atoms with Gasteiger partial charge in [-0.1, -0.05) is 0 Å². The van der Waals surface area contributed by atoms with Crippen LogP contribution in [0.1, 0.15) is 12.1 Å². The third-order valence-corrected chi connectivity index (χ3v) is 3.17. The molecule has 1 N–H and O–H groups in total.